The van der Waals surface area contributed by atoms with Gasteiger partial charge in [-0.05, 0) is 32.6 Å². The first-order valence-corrected chi connectivity index (χ1v) is 7.72. The van der Waals surface area contributed by atoms with E-state index in [4.69, 9.17) is 9.05 Å². The molecule has 0 saturated carbocycles. The second-order valence-electron chi connectivity index (χ2n) is 4.25. The van der Waals surface area contributed by atoms with Crippen LogP contribution >= 0.6 is 7.60 Å². The smallest absolute Gasteiger partial charge is 0.333 e. The van der Waals surface area contributed by atoms with Crippen LogP contribution in [0, 0.1) is 5.92 Å². The Hall–Kier alpha value is 0.110. The van der Waals surface area contributed by atoms with Gasteiger partial charge in [-0.25, -0.2) is 0 Å². The summed E-state index contributed by atoms with van der Waals surface area (Å²) in [6.07, 6.45) is 1.05. The van der Waals surface area contributed by atoms with Crippen LogP contribution in [0.5, 0.6) is 0 Å². The Bertz CT molecular complexity index is 208. The molecule has 0 aliphatic carbocycles. The van der Waals surface area contributed by atoms with Crippen LogP contribution in [0.1, 0.15) is 40.5 Å². The molecule has 0 aliphatic heterocycles. The van der Waals surface area contributed by atoms with Crippen molar-refractivity contribution in [1.82, 2.24) is 0 Å². The Morgan fingerprint density at radius 2 is 1.62 bits per heavy atom. The van der Waals surface area contributed by atoms with Crippen LogP contribution in [0.2, 0.25) is 0 Å². The summed E-state index contributed by atoms with van der Waals surface area (Å²) >= 11 is 0. The lowest BCUT2D eigenvalue weighted by Gasteiger charge is -2.20. The first-order valence-electron chi connectivity index (χ1n) is 5.99. The molecular formula is C11H25O4P. The van der Waals surface area contributed by atoms with Crippen LogP contribution in [0.4, 0.5) is 0 Å². The van der Waals surface area contributed by atoms with Gasteiger partial charge in [0.1, 0.15) is 0 Å². The van der Waals surface area contributed by atoms with Crippen LogP contribution in [0.3, 0.4) is 0 Å². The van der Waals surface area contributed by atoms with E-state index in [1.165, 1.54) is 0 Å². The van der Waals surface area contributed by atoms with Crippen molar-refractivity contribution in [3.05, 3.63) is 0 Å². The average Bonchev–Trinajstić information content (AvgIpc) is 2.15. The highest BCUT2D eigenvalue weighted by atomic mass is 31.2. The molecule has 98 valence electrons. The monoisotopic (exact) mass is 252 g/mol. The molecule has 0 aromatic carbocycles. The Labute approximate surface area is 98.9 Å². The third kappa shape index (κ3) is 7.39. The minimum Gasteiger partial charge on any atom is -0.392 e. The molecule has 4 nitrogen and oxygen atoms in total. The highest BCUT2D eigenvalue weighted by molar-refractivity contribution is 7.53. The molecule has 0 bridgehead atoms. The predicted octanol–water partition coefficient (Wildman–Crippen LogP) is 3.05. The summed E-state index contributed by atoms with van der Waals surface area (Å²) in [5.74, 6) is 0.535. The van der Waals surface area contributed by atoms with Gasteiger partial charge in [-0.3, -0.25) is 4.57 Å². The van der Waals surface area contributed by atoms with Gasteiger partial charge in [0.2, 0.25) is 0 Å². The van der Waals surface area contributed by atoms with E-state index in [0.29, 0.717) is 25.6 Å². The lowest BCUT2D eigenvalue weighted by molar-refractivity contribution is 0.156. The third-order valence-electron chi connectivity index (χ3n) is 2.16. The molecule has 0 rings (SSSR count). The molecule has 1 N–H and O–H groups in total. The number of aliphatic hydroxyl groups excluding tert-OH is 1. The van der Waals surface area contributed by atoms with E-state index >= 15 is 0 Å². The van der Waals surface area contributed by atoms with Crippen molar-refractivity contribution in [2.24, 2.45) is 5.92 Å². The molecule has 16 heavy (non-hydrogen) atoms. The van der Waals surface area contributed by atoms with Gasteiger partial charge in [0.15, 0.2) is 0 Å². The zero-order chi connectivity index (χ0) is 12.6. The van der Waals surface area contributed by atoms with E-state index in [9.17, 15) is 9.67 Å². The fourth-order valence-electron chi connectivity index (χ4n) is 1.41. The van der Waals surface area contributed by atoms with Crippen molar-refractivity contribution in [3.8, 4) is 0 Å². The lowest BCUT2D eigenvalue weighted by atomic mass is 10.1. The Morgan fingerprint density at radius 3 is 2.00 bits per heavy atom. The molecule has 0 aromatic rings. The standard InChI is InChI=1S/C11H25O4P/c1-5-14-16(13,15-6-2)9-11(12)8-7-10(3)4/h10-12H,5-9H2,1-4H3. The molecule has 0 radical (unpaired) electrons. The molecule has 0 amide bonds. The summed E-state index contributed by atoms with van der Waals surface area (Å²) in [5, 5.41) is 9.75. The van der Waals surface area contributed by atoms with E-state index < -0.39 is 13.7 Å². The van der Waals surface area contributed by atoms with E-state index in [0.717, 1.165) is 6.42 Å². The van der Waals surface area contributed by atoms with Gasteiger partial charge in [-0.15, -0.1) is 0 Å². The van der Waals surface area contributed by atoms with Gasteiger partial charge in [0.25, 0.3) is 0 Å². The van der Waals surface area contributed by atoms with Gasteiger partial charge >= 0.3 is 7.60 Å². The lowest BCUT2D eigenvalue weighted by Crippen LogP contribution is -2.16. The highest BCUT2D eigenvalue weighted by Gasteiger charge is 2.27. The number of rotatable bonds is 9. The zero-order valence-electron chi connectivity index (χ0n) is 10.8. The third-order valence-corrected chi connectivity index (χ3v) is 4.34. The number of hydrogen-bond acceptors (Lipinski definition) is 4. The van der Waals surface area contributed by atoms with E-state index in [1.54, 1.807) is 13.8 Å². The maximum absolute atomic E-state index is 12.1. The fourth-order valence-corrected chi connectivity index (χ4v) is 3.18. The van der Waals surface area contributed by atoms with Crippen molar-refractivity contribution < 1.29 is 18.7 Å². The van der Waals surface area contributed by atoms with E-state index in [1.807, 2.05) is 0 Å². The maximum atomic E-state index is 12.1. The zero-order valence-corrected chi connectivity index (χ0v) is 11.7. The van der Waals surface area contributed by atoms with Crippen LogP contribution < -0.4 is 0 Å². The van der Waals surface area contributed by atoms with E-state index in [-0.39, 0.29) is 6.16 Å². The maximum Gasteiger partial charge on any atom is 0.333 e. The molecule has 1 atom stereocenters. The Kier molecular flexibility index (Phi) is 8.29. The molecule has 0 heterocycles. The largest absolute Gasteiger partial charge is 0.392 e. The van der Waals surface area contributed by atoms with Crippen LogP contribution in [0.25, 0.3) is 0 Å². The highest BCUT2D eigenvalue weighted by Crippen LogP contribution is 2.48. The molecule has 0 aliphatic rings. The van der Waals surface area contributed by atoms with Gasteiger partial charge in [-0.2, -0.15) is 0 Å². The van der Waals surface area contributed by atoms with Gasteiger partial charge in [0, 0.05) is 0 Å². The minimum atomic E-state index is -3.09. The summed E-state index contributed by atoms with van der Waals surface area (Å²) in [6, 6.07) is 0. The molecule has 0 aromatic heterocycles. The van der Waals surface area contributed by atoms with Crippen molar-refractivity contribution in [2.45, 2.75) is 46.6 Å². The second kappa shape index (κ2) is 8.24. The Morgan fingerprint density at radius 1 is 1.12 bits per heavy atom. The fraction of sp³-hybridized carbons (Fsp3) is 1.00. The first kappa shape index (κ1) is 16.1. The molecular weight excluding hydrogens is 227 g/mol. The van der Waals surface area contributed by atoms with Gasteiger partial charge < -0.3 is 14.2 Å². The SMILES string of the molecule is CCOP(=O)(CC(O)CCC(C)C)OCC. The summed E-state index contributed by atoms with van der Waals surface area (Å²) in [7, 11) is -3.09. The molecule has 5 heteroatoms. The molecule has 0 fully saturated rings. The summed E-state index contributed by atoms with van der Waals surface area (Å²) < 4.78 is 22.3. The van der Waals surface area contributed by atoms with Crippen LogP contribution in [-0.4, -0.2) is 30.6 Å². The Balaban J connectivity index is 4.12. The first-order chi connectivity index (χ1) is 7.43. The summed E-state index contributed by atoms with van der Waals surface area (Å²) in [5.41, 5.74) is 0. The van der Waals surface area contributed by atoms with Crippen LogP contribution in [-0.2, 0) is 13.6 Å². The molecule has 0 spiro atoms. The predicted molar refractivity (Wildman–Crippen MR) is 65.8 cm³/mol. The number of aliphatic hydroxyl groups is 1. The average molecular weight is 252 g/mol. The van der Waals surface area contributed by atoms with E-state index in [2.05, 4.69) is 13.8 Å². The van der Waals surface area contributed by atoms with Gasteiger partial charge in [-0.1, -0.05) is 13.8 Å². The number of hydrogen-bond donors (Lipinski definition) is 1. The van der Waals surface area contributed by atoms with Crippen molar-refractivity contribution in [3.63, 3.8) is 0 Å². The van der Waals surface area contributed by atoms with Crippen molar-refractivity contribution >= 4 is 7.60 Å². The topological polar surface area (TPSA) is 55.8 Å². The molecule has 1 unspecified atom stereocenters. The summed E-state index contributed by atoms with van der Waals surface area (Å²) in [6.45, 7) is 8.41. The van der Waals surface area contributed by atoms with Crippen molar-refractivity contribution in [2.75, 3.05) is 19.4 Å². The quantitative estimate of drug-likeness (QED) is 0.641. The van der Waals surface area contributed by atoms with Gasteiger partial charge in [0.05, 0.1) is 25.5 Å². The normalized spacial score (nSPS) is 14.4. The molecule has 0 saturated heterocycles. The van der Waals surface area contributed by atoms with Crippen LogP contribution in [0.15, 0.2) is 0 Å². The van der Waals surface area contributed by atoms with Crippen molar-refractivity contribution in [1.29, 1.82) is 0 Å². The minimum absolute atomic E-state index is 0.0986. The second-order valence-corrected chi connectivity index (χ2v) is 6.36. The summed E-state index contributed by atoms with van der Waals surface area (Å²) in [4.78, 5) is 0.